The van der Waals surface area contributed by atoms with E-state index in [0.717, 1.165) is 0 Å². The predicted octanol–water partition coefficient (Wildman–Crippen LogP) is 3.24. The van der Waals surface area contributed by atoms with Crippen LogP contribution in [0.25, 0.3) is 11.1 Å². The fourth-order valence-corrected chi connectivity index (χ4v) is 2.74. The van der Waals surface area contributed by atoms with Crippen LogP contribution in [0.5, 0.6) is 0 Å². The number of carbonyl (C=O) groups excluding carboxylic acids is 3. The van der Waals surface area contributed by atoms with E-state index in [1.165, 1.54) is 0 Å². The van der Waals surface area contributed by atoms with Gasteiger partial charge in [-0.05, 0) is 18.2 Å². The molecular weight excluding hydrogens is 358 g/mol. The summed E-state index contributed by atoms with van der Waals surface area (Å²) >= 11 is 0. The second-order valence-electron chi connectivity index (χ2n) is 6.35. The standard InChI is InChI=1S/C21H21N3O4/c1-14-23-17-13-16(7-9-19(17)28-14)24-21(27)11-12-22-20(26)10-8-18(25)15-5-3-2-4-6-15/h2-7,9,13H,8,10-12H2,1H3,(H,22,26)(H,24,27). The third-order valence-corrected chi connectivity index (χ3v) is 4.13. The van der Waals surface area contributed by atoms with E-state index in [1.807, 2.05) is 6.07 Å². The molecule has 28 heavy (non-hydrogen) atoms. The maximum absolute atomic E-state index is 12.0. The molecule has 2 amide bonds. The highest BCUT2D eigenvalue weighted by molar-refractivity contribution is 5.98. The molecule has 0 radical (unpaired) electrons. The highest BCUT2D eigenvalue weighted by atomic mass is 16.3. The quantitative estimate of drug-likeness (QED) is 0.585. The number of fused-ring (bicyclic) bond motifs is 1. The van der Waals surface area contributed by atoms with Crippen LogP contribution < -0.4 is 10.6 Å². The van der Waals surface area contributed by atoms with Crippen LogP contribution in [-0.2, 0) is 9.59 Å². The summed E-state index contributed by atoms with van der Waals surface area (Å²) in [4.78, 5) is 40.1. The molecule has 0 aliphatic rings. The molecule has 0 unspecified atom stereocenters. The first kappa shape index (κ1) is 19.3. The van der Waals surface area contributed by atoms with Crippen molar-refractivity contribution in [1.29, 1.82) is 0 Å². The van der Waals surface area contributed by atoms with E-state index < -0.39 is 0 Å². The Balaban J connectivity index is 1.38. The number of ketones is 1. The van der Waals surface area contributed by atoms with Crippen LogP contribution in [0.15, 0.2) is 52.9 Å². The summed E-state index contributed by atoms with van der Waals surface area (Å²) in [5.41, 5.74) is 2.54. The zero-order valence-corrected chi connectivity index (χ0v) is 15.5. The van der Waals surface area contributed by atoms with E-state index in [4.69, 9.17) is 4.42 Å². The molecule has 0 spiro atoms. The highest BCUT2D eigenvalue weighted by Gasteiger charge is 2.10. The maximum Gasteiger partial charge on any atom is 0.226 e. The number of nitrogens with zero attached hydrogens (tertiary/aromatic N) is 1. The van der Waals surface area contributed by atoms with Gasteiger partial charge in [-0.1, -0.05) is 30.3 Å². The summed E-state index contributed by atoms with van der Waals surface area (Å²) in [6.07, 6.45) is 0.366. The second kappa shape index (κ2) is 8.94. The summed E-state index contributed by atoms with van der Waals surface area (Å²) in [6, 6.07) is 14.1. The third-order valence-electron chi connectivity index (χ3n) is 4.13. The van der Waals surface area contributed by atoms with Crippen LogP contribution in [0, 0.1) is 6.92 Å². The first-order valence-corrected chi connectivity index (χ1v) is 9.03. The van der Waals surface area contributed by atoms with Crippen molar-refractivity contribution in [3.05, 3.63) is 60.0 Å². The number of rotatable bonds is 8. The zero-order valence-electron chi connectivity index (χ0n) is 15.5. The highest BCUT2D eigenvalue weighted by Crippen LogP contribution is 2.19. The number of nitrogens with one attached hydrogen (secondary N) is 2. The van der Waals surface area contributed by atoms with Gasteiger partial charge in [-0.3, -0.25) is 14.4 Å². The number of anilines is 1. The molecule has 0 bridgehead atoms. The van der Waals surface area contributed by atoms with E-state index in [0.29, 0.717) is 28.2 Å². The van der Waals surface area contributed by atoms with Gasteiger partial charge in [0.25, 0.3) is 0 Å². The lowest BCUT2D eigenvalue weighted by atomic mass is 10.1. The summed E-state index contributed by atoms with van der Waals surface area (Å²) in [5.74, 6) is 0.00992. The average Bonchev–Trinajstić information content (AvgIpc) is 3.06. The largest absolute Gasteiger partial charge is 0.441 e. The Hall–Kier alpha value is -3.48. The lowest BCUT2D eigenvalue weighted by Crippen LogP contribution is -2.27. The Kier molecular flexibility index (Phi) is 6.16. The topological polar surface area (TPSA) is 101 Å². The molecule has 3 rings (SSSR count). The summed E-state index contributed by atoms with van der Waals surface area (Å²) in [7, 11) is 0. The minimum absolute atomic E-state index is 0.0769. The van der Waals surface area contributed by atoms with Gasteiger partial charge < -0.3 is 15.1 Å². The number of Topliss-reactive ketones (excluding diaryl/α,β-unsaturated/α-hetero) is 1. The van der Waals surface area contributed by atoms with Crippen LogP contribution in [0.2, 0.25) is 0 Å². The number of benzene rings is 2. The van der Waals surface area contributed by atoms with Crippen LogP contribution >= 0.6 is 0 Å². The SMILES string of the molecule is Cc1nc2cc(NC(=O)CCNC(=O)CCC(=O)c3ccccc3)ccc2o1. The molecule has 0 atom stereocenters. The number of hydrogen-bond donors (Lipinski definition) is 2. The van der Waals surface area contributed by atoms with Crippen LogP contribution in [0.4, 0.5) is 5.69 Å². The first-order chi connectivity index (χ1) is 13.5. The second-order valence-corrected chi connectivity index (χ2v) is 6.35. The lowest BCUT2D eigenvalue weighted by Gasteiger charge is -2.07. The molecule has 0 aliphatic heterocycles. The van der Waals surface area contributed by atoms with Crippen molar-refractivity contribution in [3.8, 4) is 0 Å². The molecule has 7 nitrogen and oxygen atoms in total. The third kappa shape index (κ3) is 5.26. The smallest absolute Gasteiger partial charge is 0.226 e. The zero-order chi connectivity index (χ0) is 19.9. The minimum Gasteiger partial charge on any atom is -0.441 e. The first-order valence-electron chi connectivity index (χ1n) is 9.03. The van der Waals surface area contributed by atoms with E-state index in [1.54, 1.807) is 49.4 Å². The molecule has 1 heterocycles. The Morgan fingerprint density at radius 2 is 1.75 bits per heavy atom. The van der Waals surface area contributed by atoms with Crippen molar-refractivity contribution >= 4 is 34.4 Å². The molecule has 0 aliphatic carbocycles. The molecule has 0 saturated heterocycles. The molecular formula is C21H21N3O4. The van der Waals surface area contributed by atoms with Gasteiger partial charge in [-0.25, -0.2) is 4.98 Å². The fraction of sp³-hybridized carbons (Fsp3) is 0.238. The number of aromatic nitrogens is 1. The van der Waals surface area contributed by atoms with Gasteiger partial charge in [0.2, 0.25) is 11.8 Å². The number of carbonyl (C=O) groups is 3. The van der Waals surface area contributed by atoms with Crippen molar-refractivity contribution in [2.45, 2.75) is 26.2 Å². The van der Waals surface area contributed by atoms with Crippen molar-refractivity contribution in [3.63, 3.8) is 0 Å². The summed E-state index contributed by atoms with van der Waals surface area (Å²) in [5, 5.41) is 5.42. The predicted molar refractivity (Wildman–Crippen MR) is 105 cm³/mol. The Labute approximate surface area is 162 Å². The molecule has 1 aromatic heterocycles. The van der Waals surface area contributed by atoms with Gasteiger partial charge in [-0.2, -0.15) is 0 Å². The molecule has 144 valence electrons. The maximum atomic E-state index is 12.0. The van der Waals surface area contributed by atoms with Crippen molar-refractivity contribution in [2.75, 3.05) is 11.9 Å². The van der Waals surface area contributed by atoms with Gasteiger partial charge in [-0.15, -0.1) is 0 Å². The summed E-state index contributed by atoms with van der Waals surface area (Å²) in [6.45, 7) is 1.96. The Morgan fingerprint density at radius 1 is 0.964 bits per heavy atom. The molecule has 3 aromatic rings. The number of hydrogen-bond acceptors (Lipinski definition) is 5. The van der Waals surface area contributed by atoms with Crippen molar-refractivity contribution in [2.24, 2.45) is 0 Å². The van der Waals surface area contributed by atoms with Crippen LogP contribution in [0.3, 0.4) is 0 Å². The fourth-order valence-electron chi connectivity index (χ4n) is 2.74. The van der Waals surface area contributed by atoms with Crippen molar-refractivity contribution in [1.82, 2.24) is 10.3 Å². The normalized spacial score (nSPS) is 10.6. The number of aryl methyl sites for hydroxylation is 1. The molecule has 0 fully saturated rings. The number of oxazole rings is 1. The van der Waals surface area contributed by atoms with E-state index in [-0.39, 0.29) is 43.4 Å². The van der Waals surface area contributed by atoms with Gasteiger partial charge >= 0.3 is 0 Å². The van der Waals surface area contributed by atoms with Crippen LogP contribution in [0.1, 0.15) is 35.5 Å². The summed E-state index contributed by atoms with van der Waals surface area (Å²) < 4.78 is 5.39. The van der Waals surface area contributed by atoms with Crippen molar-refractivity contribution < 1.29 is 18.8 Å². The lowest BCUT2D eigenvalue weighted by molar-refractivity contribution is -0.121. The molecule has 7 heteroatoms. The van der Waals surface area contributed by atoms with E-state index >= 15 is 0 Å². The van der Waals surface area contributed by atoms with Gasteiger partial charge in [0, 0.05) is 44.0 Å². The molecule has 2 aromatic carbocycles. The Morgan fingerprint density at radius 3 is 2.54 bits per heavy atom. The van der Waals surface area contributed by atoms with Gasteiger partial charge in [0.1, 0.15) is 5.52 Å². The monoisotopic (exact) mass is 379 g/mol. The number of amides is 2. The van der Waals surface area contributed by atoms with E-state index in [2.05, 4.69) is 15.6 Å². The Bertz CT molecular complexity index is 995. The van der Waals surface area contributed by atoms with Gasteiger partial charge in [0.15, 0.2) is 17.3 Å². The minimum atomic E-state index is -0.253. The molecule has 2 N–H and O–H groups in total. The van der Waals surface area contributed by atoms with Crippen LogP contribution in [-0.4, -0.2) is 29.1 Å². The molecule has 0 saturated carbocycles. The average molecular weight is 379 g/mol. The van der Waals surface area contributed by atoms with Gasteiger partial charge in [0.05, 0.1) is 0 Å². The van der Waals surface area contributed by atoms with E-state index in [9.17, 15) is 14.4 Å².